The third kappa shape index (κ3) is 3.30. The first-order valence-electron chi connectivity index (χ1n) is 7.90. The molecule has 3 heterocycles. The molecule has 0 spiro atoms. The Kier molecular flexibility index (Phi) is 4.42. The highest BCUT2D eigenvalue weighted by Gasteiger charge is 2.31. The molecular formula is C15H23N5O2. The van der Waals surface area contributed by atoms with E-state index in [1.165, 1.54) is 0 Å². The van der Waals surface area contributed by atoms with Crippen molar-refractivity contribution >= 4 is 11.8 Å². The summed E-state index contributed by atoms with van der Waals surface area (Å²) in [5.74, 6) is 0.842. The van der Waals surface area contributed by atoms with E-state index in [2.05, 4.69) is 15.7 Å². The Morgan fingerprint density at radius 2 is 2.09 bits per heavy atom. The minimum absolute atomic E-state index is 0.0767. The zero-order chi connectivity index (χ0) is 15.5. The Morgan fingerprint density at radius 3 is 2.64 bits per heavy atom. The summed E-state index contributed by atoms with van der Waals surface area (Å²) in [6, 6.07) is 0. The molecule has 2 aliphatic rings. The van der Waals surface area contributed by atoms with Crippen molar-refractivity contribution in [2.45, 2.75) is 12.8 Å². The molecule has 22 heavy (non-hydrogen) atoms. The molecule has 1 aromatic rings. The van der Waals surface area contributed by atoms with Crippen molar-refractivity contribution in [3.8, 4) is 0 Å². The van der Waals surface area contributed by atoms with Crippen molar-refractivity contribution in [3.05, 3.63) is 18.0 Å². The van der Waals surface area contributed by atoms with Crippen LogP contribution in [0.3, 0.4) is 0 Å². The lowest BCUT2D eigenvalue weighted by atomic mass is 9.94. The van der Waals surface area contributed by atoms with E-state index in [1.54, 1.807) is 24.1 Å². The number of nitrogens with zero attached hydrogens (tertiary/aromatic N) is 3. The highest BCUT2D eigenvalue weighted by Crippen LogP contribution is 2.19. The molecule has 0 unspecified atom stereocenters. The first-order chi connectivity index (χ1) is 10.6. The average molecular weight is 305 g/mol. The minimum atomic E-state index is -0.0767. The normalized spacial score (nSPS) is 19.8. The van der Waals surface area contributed by atoms with Crippen LogP contribution in [0.25, 0.3) is 0 Å². The lowest BCUT2D eigenvalue weighted by Crippen LogP contribution is -2.53. The van der Waals surface area contributed by atoms with Crippen LogP contribution < -0.4 is 10.6 Å². The standard InChI is InChI=1S/C15H23N5O2/c1-19-10-13(9-18-19)14(21)17-6-11-2-4-20(5-3-11)15(22)12-7-16-8-12/h9-12,16H,2-8H2,1H3,(H,17,21). The van der Waals surface area contributed by atoms with Crippen molar-refractivity contribution in [3.63, 3.8) is 0 Å². The number of likely N-dealkylation sites (tertiary alicyclic amines) is 1. The zero-order valence-corrected chi connectivity index (χ0v) is 12.9. The molecule has 120 valence electrons. The second kappa shape index (κ2) is 6.48. The second-order valence-corrected chi connectivity index (χ2v) is 6.24. The van der Waals surface area contributed by atoms with E-state index in [4.69, 9.17) is 0 Å². The molecule has 0 radical (unpaired) electrons. The van der Waals surface area contributed by atoms with Crippen LogP contribution in [0.2, 0.25) is 0 Å². The van der Waals surface area contributed by atoms with Gasteiger partial charge in [0.2, 0.25) is 5.91 Å². The Labute approximate surface area is 130 Å². The fraction of sp³-hybridized carbons (Fsp3) is 0.667. The summed E-state index contributed by atoms with van der Waals surface area (Å²) in [6.07, 6.45) is 5.20. The maximum Gasteiger partial charge on any atom is 0.254 e. The van der Waals surface area contributed by atoms with Gasteiger partial charge < -0.3 is 15.5 Å². The van der Waals surface area contributed by atoms with Crippen molar-refractivity contribution in [1.82, 2.24) is 25.3 Å². The number of hydrogen-bond donors (Lipinski definition) is 2. The summed E-state index contributed by atoms with van der Waals surface area (Å²) in [7, 11) is 1.79. The van der Waals surface area contributed by atoms with Crippen LogP contribution in [-0.4, -0.2) is 59.2 Å². The lowest BCUT2D eigenvalue weighted by Gasteiger charge is -2.37. The number of carbonyl (C=O) groups is 2. The third-order valence-corrected chi connectivity index (χ3v) is 4.58. The average Bonchev–Trinajstić information content (AvgIpc) is 2.90. The van der Waals surface area contributed by atoms with Crippen molar-refractivity contribution in [2.24, 2.45) is 18.9 Å². The predicted octanol–water partition coefficient (Wildman–Crippen LogP) is -0.392. The van der Waals surface area contributed by atoms with E-state index in [1.807, 2.05) is 4.90 Å². The maximum atomic E-state index is 12.1. The number of aryl methyl sites for hydroxylation is 1. The van der Waals surface area contributed by atoms with Gasteiger partial charge in [-0.25, -0.2) is 0 Å². The van der Waals surface area contributed by atoms with E-state index < -0.39 is 0 Å². The highest BCUT2D eigenvalue weighted by atomic mass is 16.2. The summed E-state index contributed by atoms with van der Waals surface area (Å²) < 4.78 is 1.62. The fourth-order valence-corrected chi connectivity index (χ4v) is 2.96. The molecule has 0 saturated carbocycles. The summed E-state index contributed by atoms with van der Waals surface area (Å²) >= 11 is 0. The van der Waals surface area contributed by atoms with Gasteiger partial charge in [0.05, 0.1) is 17.7 Å². The van der Waals surface area contributed by atoms with Crippen LogP contribution in [-0.2, 0) is 11.8 Å². The Morgan fingerprint density at radius 1 is 1.36 bits per heavy atom. The van der Waals surface area contributed by atoms with Crippen LogP contribution >= 0.6 is 0 Å². The molecule has 7 heteroatoms. The van der Waals surface area contributed by atoms with Gasteiger partial charge in [0.1, 0.15) is 0 Å². The Bertz CT molecular complexity index is 544. The Hall–Kier alpha value is -1.89. The molecule has 2 N–H and O–H groups in total. The largest absolute Gasteiger partial charge is 0.352 e. The molecule has 0 aromatic carbocycles. The van der Waals surface area contributed by atoms with E-state index in [0.29, 0.717) is 18.0 Å². The molecule has 7 nitrogen and oxygen atoms in total. The zero-order valence-electron chi connectivity index (χ0n) is 12.9. The molecule has 2 fully saturated rings. The number of aromatic nitrogens is 2. The van der Waals surface area contributed by atoms with Crippen molar-refractivity contribution < 1.29 is 9.59 Å². The highest BCUT2D eigenvalue weighted by molar-refractivity contribution is 5.93. The van der Waals surface area contributed by atoms with E-state index in [0.717, 1.165) is 39.0 Å². The molecule has 1 aromatic heterocycles. The number of carbonyl (C=O) groups excluding carboxylic acids is 2. The third-order valence-electron chi connectivity index (χ3n) is 4.58. The smallest absolute Gasteiger partial charge is 0.254 e. The van der Waals surface area contributed by atoms with E-state index in [-0.39, 0.29) is 17.7 Å². The monoisotopic (exact) mass is 305 g/mol. The number of amides is 2. The van der Waals surface area contributed by atoms with Gasteiger partial charge in [-0.2, -0.15) is 5.10 Å². The van der Waals surface area contributed by atoms with E-state index >= 15 is 0 Å². The van der Waals surface area contributed by atoms with Crippen LogP contribution in [0.1, 0.15) is 23.2 Å². The first kappa shape index (κ1) is 15.0. The SMILES string of the molecule is Cn1cc(C(=O)NCC2CCN(C(=O)C3CNC3)CC2)cn1. The molecule has 0 atom stereocenters. The van der Waals surface area contributed by atoms with Gasteiger partial charge in [0.25, 0.3) is 5.91 Å². The topological polar surface area (TPSA) is 79.3 Å². The van der Waals surface area contributed by atoms with Gasteiger partial charge in [-0.1, -0.05) is 0 Å². The number of rotatable bonds is 4. The van der Waals surface area contributed by atoms with Crippen LogP contribution in [0.5, 0.6) is 0 Å². The van der Waals surface area contributed by atoms with Crippen molar-refractivity contribution in [1.29, 1.82) is 0 Å². The minimum Gasteiger partial charge on any atom is -0.352 e. The number of piperidine rings is 1. The predicted molar refractivity (Wildman–Crippen MR) is 81.2 cm³/mol. The van der Waals surface area contributed by atoms with Crippen LogP contribution in [0.15, 0.2) is 12.4 Å². The Balaban J connectivity index is 1.40. The van der Waals surface area contributed by atoms with Crippen LogP contribution in [0.4, 0.5) is 0 Å². The summed E-state index contributed by atoms with van der Waals surface area (Å²) in [5, 5.41) is 10.1. The van der Waals surface area contributed by atoms with Gasteiger partial charge in [0.15, 0.2) is 0 Å². The van der Waals surface area contributed by atoms with Gasteiger partial charge in [-0.15, -0.1) is 0 Å². The maximum absolute atomic E-state index is 12.1. The van der Waals surface area contributed by atoms with Crippen LogP contribution in [0, 0.1) is 11.8 Å². The molecule has 0 bridgehead atoms. The number of hydrogen-bond acceptors (Lipinski definition) is 4. The molecule has 2 saturated heterocycles. The molecule has 2 aliphatic heterocycles. The summed E-state index contributed by atoms with van der Waals surface area (Å²) in [6.45, 7) is 3.92. The van der Waals surface area contributed by atoms with Gasteiger partial charge >= 0.3 is 0 Å². The van der Waals surface area contributed by atoms with Gasteiger partial charge in [-0.05, 0) is 18.8 Å². The second-order valence-electron chi connectivity index (χ2n) is 6.24. The van der Waals surface area contributed by atoms with Gasteiger partial charge in [-0.3, -0.25) is 14.3 Å². The van der Waals surface area contributed by atoms with Gasteiger partial charge in [0, 0.05) is 46.0 Å². The van der Waals surface area contributed by atoms with Crippen molar-refractivity contribution in [2.75, 3.05) is 32.7 Å². The molecule has 2 amide bonds. The molecular weight excluding hydrogens is 282 g/mol. The molecule has 0 aliphatic carbocycles. The lowest BCUT2D eigenvalue weighted by molar-refractivity contribution is -0.138. The molecule has 3 rings (SSSR count). The summed E-state index contributed by atoms with van der Waals surface area (Å²) in [4.78, 5) is 26.1. The number of nitrogens with one attached hydrogen (secondary N) is 2. The first-order valence-corrected chi connectivity index (χ1v) is 7.90. The fourth-order valence-electron chi connectivity index (χ4n) is 2.96. The summed E-state index contributed by atoms with van der Waals surface area (Å²) in [5.41, 5.74) is 0.590. The quantitative estimate of drug-likeness (QED) is 0.794. The van der Waals surface area contributed by atoms with E-state index in [9.17, 15) is 9.59 Å².